The molecular formula is C17H16Cl2N2O6. The summed E-state index contributed by atoms with van der Waals surface area (Å²) in [7, 11) is 0. The van der Waals surface area contributed by atoms with Gasteiger partial charge in [0, 0.05) is 17.5 Å². The van der Waals surface area contributed by atoms with E-state index in [2.05, 4.69) is 0 Å². The van der Waals surface area contributed by atoms with Crippen LogP contribution >= 0.6 is 23.2 Å². The molecule has 27 heavy (non-hydrogen) atoms. The van der Waals surface area contributed by atoms with Gasteiger partial charge < -0.3 is 10.2 Å². The summed E-state index contributed by atoms with van der Waals surface area (Å²) in [5.74, 6) is -1.30. The monoisotopic (exact) mass is 414 g/mol. The zero-order valence-electron chi connectivity index (χ0n) is 14.4. The molecule has 0 amide bonds. The molecule has 144 valence electrons. The largest absolute Gasteiger partial charge is 0.501 e. The molecule has 8 nitrogen and oxygen atoms in total. The minimum Gasteiger partial charge on any atom is -0.501 e. The Hall–Kier alpha value is -2.58. The second-order valence-corrected chi connectivity index (χ2v) is 6.77. The quantitative estimate of drug-likeness (QED) is 0.485. The highest BCUT2D eigenvalue weighted by Gasteiger charge is 2.36. The third kappa shape index (κ3) is 3.50. The summed E-state index contributed by atoms with van der Waals surface area (Å²) in [5, 5.41) is 41.8. The number of benzene rings is 2. The van der Waals surface area contributed by atoms with Gasteiger partial charge >= 0.3 is 11.4 Å². The molecule has 2 aromatic carbocycles. The molecule has 0 spiro atoms. The molecule has 0 aliphatic carbocycles. The van der Waals surface area contributed by atoms with Gasteiger partial charge in [0.05, 0.1) is 19.9 Å². The summed E-state index contributed by atoms with van der Waals surface area (Å²) in [6, 6.07) is 5.18. The summed E-state index contributed by atoms with van der Waals surface area (Å²) < 4.78 is 0. The maximum atomic E-state index is 11.3. The van der Waals surface area contributed by atoms with E-state index in [1.165, 1.54) is 24.3 Å². The van der Waals surface area contributed by atoms with E-state index < -0.39 is 38.1 Å². The Bertz CT molecular complexity index is 857. The molecule has 2 rings (SSSR count). The van der Waals surface area contributed by atoms with E-state index in [4.69, 9.17) is 23.2 Å². The molecule has 0 aliphatic heterocycles. The Morgan fingerprint density at radius 2 is 1.19 bits per heavy atom. The zero-order chi connectivity index (χ0) is 20.5. The van der Waals surface area contributed by atoms with Gasteiger partial charge in [-0.2, -0.15) is 0 Å². The molecule has 0 saturated carbocycles. The van der Waals surface area contributed by atoms with Gasteiger partial charge in [-0.3, -0.25) is 20.2 Å². The lowest BCUT2D eigenvalue weighted by Crippen LogP contribution is -2.26. The van der Waals surface area contributed by atoms with E-state index in [1.807, 2.05) is 13.8 Å². The number of hydrogen-bond acceptors (Lipinski definition) is 6. The van der Waals surface area contributed by atoms with Crippen LogP contribution in [0.2, 0.25) is 10.0 Å². The Morgan fingerprint density at radius 1 is 0.852 bits per heavy atom. The van der Waals surface area contributed by atoms with E-state index >= 15 is 0 Å². The summed E-state index contributed by atoms with van der Waals surface area (Å²) in [4.78, 5) is 21.0. The van der Waals surface area contributed by atoms with Crippen molar-refractivity contribution in [2.24, 2.45) is 0 Å². The van der Waals surface area contributed by atoms with Crippen molar-refractivity contribution in [3.05, 3.63) is 65.7 Å². The fourth-order valence-corrected chi connectivity index (χ4v) is 3.66. The van der Waals surface area contributed by atoms with Crippen LogP contribution in [0.4, 0.5) is 11.4 Å². The topological polar surface area (TPSA) is 127 Å². The molecule has 0 aliphatic rings. The second kappa shape index (κ2) is 7.58. The van der Waals surface area contributed by atoms with Crippen molar-refractivity contribution < 1.29 is 20.1 Å². The van der Waals surface area contributed by atoms with Gasteiger partial charge in [0.25, 0.3) is 0 Å². The third-order valence-electron chi connectivity index (χ3n) is 4.79. The number of phenols is 2. The highest BCUT2D eigenvalue weighted by Crippen LogP contribution is 2.47. The lowest BCUT2D eigenvalue weighted by molar-refractivity contribution is -0.386. The molecule has 0 atom stereocenters. The van der Waals surface area contributed by atoms with Crippen LogP contribution in [0.5, 0.6) is 11.5 Å². The molecule has 2 aromatic rings. The average Bonchev–Trinajstić information content (AvgIpc) is 2.61. The predicted octanol–water partition coefficient (Wildman–Crippen LogP) is 5.33. The summed E-state index contributed by atoms with van der Waals surface area (Å²) >= 11 is 12.0. The molecule has 0 saturated heterocycles. The Labute approximate surface area is 164 Å². The van der Waals surface area contributed by atoms with Crippen molar-refractivity contribution >= 4 is 34.6 Å². The molecule has 0 bridgehead atoms. The SMILES string of the molecule is CCC(CC)(c1cc(Cl)c(O)c([N+](=O)[O-])c1)c1cc(Cl)c(O)c([N+](=O)[O-])c1. The standard InChI is InChI=1S/C17H16Cl2N2O6/c1-3-17(4-2,9-5-11(18)15(22)13(7-9)20(24)25)10-6-12(19)16(23)14(8-10)21(26)27/h5-8,22-23H,3-4H2,1-2H3. The van der Waals surface area contributed by atoms with Crippen LogP contribution in [0.15, 0.2) is 24.3 Å². The van der Waals surface area contributed by atoms with Crippen LogP contribution in [-0.2, 0) is 5.41 Å². The molecule has 2 N–H and O–H groups in total. The number of rotatable bonds is 6. The third-order valence-corrected chi connectivity index (χ3v) is 5.37. The smallest absolute Gasteiger partial charge is 0.312 e. The zero-order valence-corrected chi connectivity index (χ0v) is 15.9. The normalized spacial score (nSPS) is 11.4. The van der Waals surface area contributed by atoms with Crippen molar-refractivity contribution in [1.29, 1.82) is 0 Å². The number of nitro benzene ring substituents is 2. The van der Waals surface area contributed by atoms with Crippen LogP contribution in [-0.4, -0.2) is 20.1 Å². The molecular weight excluding hydrogens is 399 g/mol. The first kappa shape index (κ1) is 20.7. The van der Waals surface area contributed by atoms with Gasteiger partial charge in [-0.05, 0) is 36.1 Å². The summed E-state index contributed by atoms with van der Waals surface area (Å²) in [6.45, 7) is 3.62. The highest BCUT2D eigenvalue weighted by atomic mass is 35.5. The van der Waals surface area contributed by atoms with Crippen LogP contribution in [0.1, 0.15) is 37.8 Å². The number of nitro groups is 2. The highest BCUT2D eigenvalue weighted by molar-refractivity contribution is 6.32. The molecule has 0 unspecified atom stereocenters. The van der Waals surface area contributed by atoms with E-state index in [9.17, 15) is 30.4 Å². The van der Waals surface area contributed by atoms with Crippen LogP contribution in [0, 0.1) is 20.2 Å². The van der Waals surface area contributed by atoms with Gasteiger partial charge in [0.15, 0.2) is 0 Å². The fourth-order valence-electron chi connectivity index (χ4n) is 3.23. The van der Waals surface area contributed by atoms with Gasteiger partial charge in [-0.25, -0.2) is 0 Å². The first-order chi connectivity index (χ1) is 12.6. The number of hydrogen-bond donors (Lipinski definition) is 2. The van der Waals surface area contributed by atoms with Crippen LogP contribution in [0.25, 0.3) is 0 Å². The second-order valence-electron chi connectivity index (χ2n) is 5.96. The van der Waals surface area contributed by atoms with Gasteiger partial charge in [-0.1, -0.05) is 37.0 Å². The average molecular weight is 415 g/mol. The van der Waals surface area contributed by atoms with Crippen molar-refractivity contribution in [3.63, 3.8) is 0 Å². The van der Waals surface area contributed by atoms with Crippen LogP contribution in [0.3, 0.4) is 0 Å². The molecule has 0 heterocycles. The predicted molar refractivity (Wildman–Crippen MR) is 101 cm³/mol. The molecule has 0 radical (unpaired) electrons. The lowest BCUT2D eigenvalue weighted by atomic mass is 9.70. The number of nitrogens with zero attached hydrogens (tertiary/aromatic N) is 2. The molecule has 0 aromatic heterocycles. The van der Waals surface area contributed by atoms with E-state index in [0.29, 0.717) is 24.0 Å². The van der Waals surface area contributed by atoms with Crippen molar-refractivity contribution in [2.45, 2.75) is 32.1 Å². The number of phenolic OH excluding ortho intramolecular Hbond substituents is 2. The first-order valence-electron chi connectivity index (χ1n) is 7.93. The minimum absolute atomic E-state index is 0.204. The molecule has 10 heteroatoms. The first-order valence-corrected chi connectivity index (χ1v) is 8.69. The summed E-state index contributed by atoms with van der Waals surface area (Å²) in [6.07, 6.45) is 0.806. The van der Waals surface area contributed by atoms with Gasteiger partial charge in [-0.15, -0.1) is 0 Å². The van der Waals surface area contributed by atoms with Gasteiger partial charge in [0.2, 0.25) is 11.5 Å². The Morgan fingerprint density at radius 3 is 1.44 bits per heavy atom. The Kier molecular flexibility index (Phi) is 5.82. The van der Waals surface area contributed by atoms with Crippen LogP contribution < -0.4 is 0 Å². The van der Waals surface area contributed by atoms with Crippen molar-refractivity contribution in [3.8, 4) is 11.5 Å². The van der Waals surface area contributed by atoms with Gasteiger partial charge in [0.1, 0.15) is 0 Å². The van der Waals surface area contributed by atoms with E-state index in [0.717, 1.165) is 0 Å². The minimum atomic E-state index is -0.913. The maximum Gasteiger partial charge on any atom is 0.312 e. The van der Waals surface area contributed by atoms with Crippen molar-refractivity contribution in [2.75, 3.05) is 0 Å². The van der Waals surface area contributed by atoms with Crippen molar-refractivity contribution in [1.82, 2.24) is 0 Å². The van der Waals surface area contributed by atoms with E-state index in [1.54, 1.807) is 0 Å². The maximum absolute atomic E-state index is 11.3. The lowest BCUT2D eigenvalue weighted by Gasteiger charge is -2.33. The fraction of sp³-hybridized carbons (Fsp3) is 0.294. The van der Waals surface area contributed by atoms with E-state index in [-0.39, 0.29) is 10.0 Å². The summed E-state index contributed by atoms with van der Waals surface area (Å²) in [5.41, 5.74) is -1.24. The molecule has 0 fully saturated rings. The Balaban J connectivity index is 2.85. The number of halogens is 2. The number of aromatic hydroxyl groups is 2.